The van der Waals surface area contributed by atoms with Crippen LogP contribution in [0.1, 0.15) is 17.3 Å². The van der Waals surface area contributed by atoms with Crippen molar-refractivity contribution in [2.75, 3.05) is 12.0 Å². The smallest absolute Gasteiger partial charge is 0.187 e. The Labute approximate surface area is 176 Å². The topological polar surface area (TPSA) is 95.6 Å². The molecule has 0 aliphatic rings. The quantitative estimate of drug-likeness (QED) is 0.372. The largest absolute Gasteiger partial charge is 0.382 e. The summed E-state index contributed by atoms with van der Waals surface area (Å²) >= 11 is 1.39. The Morgan fingerprint density at radius 1 is 1.13 bits per heavy atom. The number of aryl methyl sites for hydroxylation is 1. The van der Waals surface area contributed by atoms with Gasteiger partial charge in [0.2, 0.25) is 0 Å². The third kappa shape index (κ3) is 3.73. The lowest BCUT2D eigenvalue weighted by Gasteiger charge is -2.17. The molecule has 0 saturated carbocycles. The number of hydrogen-bond acceptors (Lipinski definition) is 6. The van der Waals surface area contributed by atoms with Crippen molar-refractivity contribution in [1.82, 2.24) is 19.7 Å². The second-order valence-electron chi connectivity index (χ2n) is 6.95. The van der Waals surface area contributed by atoms with Crippen molar-refractivity contribution in [3.05, 3.63) is 65.5 Å². The Morgan fingerprint density at radius 2 is 1.87 bits per heavy atom. The highest BCUT2D eigenvalue weighted by atomic mass is 32.2. The number of para-hydroxylation sites is 1. The number of benzene rings is 2. The summed E-state index contributed by atoms with van der Waals surface area (Å²) in [5.74, 6) is -0.850. The number of nitrogens with zero attached hydrogens (tertiary/aromatic N) is 4. The van der Waals surface area contributed by atoms with E-state index in [2.05, 4.69) is 15.1 Å². The molecule has 30 heavy (non-hydrogen) atoms. The first-order valence-corrected chi connectivity index (χ1v) is 10.4. The fraction of sp³-hybridized carbons (Fsp3) is 0.190. The molecule has 1 atom stereocenters. The van der Waals surface area contributed by atoms with Crippen LogP contribution in [-0.2, 0) is 13.5 Å². The average Bonchev–Trinajstić information content (AvgIpc) is 3.00. The molecule has 0 aliphatic carbocycles. The molecular weight excluding hydrogens is 406 g/mol. The van der Waals surface area contributed by atoms with Gasteiger partial charge in [-0.25, -0.2) is 18.7 Å². The van der Waals surface area contributed by atoms with Gasteiger partial charge in [-0.15, -0.1) is 0 Å². The molecular formula is C21H20F2N6S. The Balaban J connectivity index is 1.85. The molecule has 2 aromatic carbocycles. The summed E-state index contributed by atoms with van der Waals surface area (Å²) in [5, 5.41) is 5.68. The van der Waals surface area contributed by atoms with Crippen molar-refractivity contribution >= 4 is 28.5 Å². The van der Waals surface area contributed by atoms with E-state index in [9.17, 15) is 8.78 Å². The Bertz CT molecular complexity index is 1220. The second-order valence-corrected chi connectivity index (χ2v) is 7.73. The van der Waals surface area contributed by atoms with Gasteiger partial charge in [-0.2, -0.15) is 5.10 Å². The minimum absolute atomic E-state index is 0.218. The lowest BCUT2D eigenvalue weighted by Crippen LogP contribution is -2.17. The van der Waals surface area contributed by atoms with E-state index in [0.717, 1.165) is 28.1 Å². The van der Waals surface area contributed by atoms with Crippen LogP contribution >= 0.6 is 11.8 Å². The van der Waals surface area contributed by atoms with Crippen molar-refractivity contribution in [2.24, 2.45) is 12.8 Å². The van der Waals surface area contributed by atoms with E-state index < -0.39 is 17.7 Å². The van der Waals surface area contributed by atoms with E-state index in [1.54, 1.807) is 10.9 Å². The van der Waals surface area contributed by atoms with Crippen LogP contribution in [0.3, 0.4) is 0 Å². The summed E-state index contributed by atoms with van der Waals surface area (Å²) in [6, 6.07) is 8.51. The van der Waals surface area contributed by atoms with Crippen LogP contribution in [0.2, 0.25) is 0 Å². The van der Waals surface area contributed by atoms with E-state index in [1.807, 2.05) is 31.5 Å². The SMILES string of the molecule is CSc1ncc(-c2cccc3c(N)nn(C)c23)c([C@@H](N)Cc2cc(F)cc(F)c2)n1. The number of thioether (sulfide) groups is 1. The molecule has 4 rings (SSSR count). The van der Waals surface area contributed by atoms with E-state index in [1.165, 1.54) is 23.9 Å². The van der Waals surface area contributed by atoms with Crippen molar-refractivity contribution < 1.29 is 8.78 Å². The Hall–Kier alpha value is -3.04. The van der Waals surface area contributed by atoms with E-state index in [-0.39, 0.29) is 6.42 Å². The summed E-state index contributed by atoms with van der Waals surface area (Å²) in [6.45, 7) is 0. The molecule has 0 amide bonds. The van der Waals surface area contributed by atoms with Crippen molar-refractivity contribution in [1.29, 1.82) is 0 Å². The molecule has 2 aromatic heterocycles. The van der Waals surface area contributed by atoms with Crippen LogP contribution in [0.5, 0.6) is 0 Å². The number of hydrogen-bond donors (Lipinski definition) is 2. The molecule has 4 N–H and O–H groups in total. The predicted octanol–water partition coefficient (Wildman–Crippen LogP) is 3.86. The molecule has 9 heteroatoms. The highest BCUT2D eigenvalue weighted by Gasteiger charge is 2.20. The standard InChI is InChI=1S/C21H20F2N6S/c1-29-19-14(4-3-5-15(19)20(25)28-29)16-10-26-21(30-2)27-18(16)17(24)8-11-6-12(22)9-13(23)7-11/h3-7,9-10,17H,8,24H2,1-2H3,(H2,25,28)/t17-/m0/s1. The van der Waals surface area contributed by atoms with Gasteiger partial charge in [0.05, 0.1) is 17.3 Å². The fourth-order valence-corrected chi connectivity index (χ4v) is 3.98. The van der Waals surface area contributed by atoms with E-state index in [0.29, 0.717) is 22.2 Å². The molecule has 4 aromatic rings. The van der Waals surface area contributed by atoms with Gasteiger partial charge in [0.15, 0.2) is 11.0 Å². The number of anilines is 1. The zero-order valence-corrected chi connectivity index (χ0v) is 17.3. The number of aromatic nitrogens is 4. The molecule has 0 saturated heterocycles. The summed E-state index contributed by atoms with van der Waals surface area (Å²) in [6.07, 6.45) is 3.81. The number of halogens is 2. The van der Waals surface area contributed by atoms with Crippen molar-refractivity contribution in [3.8, 4) is 11.1 Å². The molecule has 154 valence electrons. The zero-order chi connectivity index (χ0) is 21.4. The van der Waals surface area contributed by atoms with Crippen LogP contribution < -0.4 is 11.5 Å². The Kier molecular flexibility index (Phi) is 5.40. The first kappa shape index (κ1) is 20.2. The molecule has 0 radical (unpaired) electrons. The molecule has 0 bridgehead atoms. The van der Waals surface area contributed by atoms with E-state index >= 15 is 0 Å². The molecule has 0 spiro atoms. The third-order valence-electron chi connectivity index (χ3n) is 4.89. The number of nitrogens with two attached hydrogens (primary N) is 2. The third-order valence-corrected chi connectivity index (χ3v) is 5.45. The normalized spacial score (nSPS) is 12.4. The monoisotopic (exact) mass is 426 g/mol. The highest BCUT2D eigenvalue weighted by molar-refractivity contribution is 7.98. The minimum atomic E-state index is -0.639. The van der Waals surface area contributed by atoms with Crippen LogP contribution in [0.25, 0.3) is 22.0 Å². The lowest BCUT2D eigenvalue weighted by atomic mass is 9.96. The molecule has 0 fully saturated rings. The van der Waals surface area contributed by atoms with Gasteiger partial charge in [-0.05, 0) is 36.4 Å². The molecule has 6 nitrogen and oxygen atoms in total. The van der Waals surface area contributed by atoms with Crippen LogP contribution in [-0.4, -0.2) is 26.0 Å². The number of rotatable bonds is 5. The van der Waals surface area contributed by atoms with E-state index in [4.69, 9.17) is 11.5 Å². The summed E-state index contributed by atoms with van der Waals surface area (Å²) in [4.78, 5) is 9.04. The maximum Gasteiger partial charge on any atom is 0.187 e. The van der Waals surface area contributed by atoms with Crippen LogP contribution in [0, 0.1) is 11.6 Å². The average molecular weight is 426 g/mol. The second kappa shape index (κ2) is 8.00. The Morgan fingerprint density at radius 3 is 2.57 bits per heavy atom. The number of fused-ring (bicyclic) bond motifs is 1. The maximum absolute atomic E-state index is 13.6. The molecule has 0 aliphatic heterocycles. The van der Waals surface area contributed by atoms with Crippen LogP contribution in [0.4, 0.5) is 14.6 Å². The summed E-state index contributed by atoms with van der Waals surface area (Å²) in [7, 11) is 1.81. The predicted molar refractivity (Wildman–Crippen MR) is 115 cm³/mol. The van der Waals surface area contributed by atoms with Gasteiger partial charge in [0.25, 0.3) is 0 Å². The van der Waals surface area contributed by atoms with Gasteiger partial charge >= 0.3 is 0 Å². The summed E-state index contributed by atoms with van der Waals surface area (Å²) in [5.41, 5.74) is 16.0. The van der Waals surface area contributed by atoms with Crippen molar-refractivity contribution in [3.63, 3.8) is 0 Å². The lowest BCUT2D eigenvalue weighted by molar-refractivity contribution is 0.575. The van der Waals surface area contributed by atoms with Gasteiger partial charge in [0.1, 0.15) is 11.6 Å². The van der Waals surface area contributed by atoms with Gasteiger partial charge in [-0.1, -0.05) is 23.9 Å². The first-order chi connectivity index (χ1) is 14.4. The molecule has 0 unspecified atom stereocenters. The fourth-order valence-electron chi connectivity index (χ4n) is 3.63. The maximum atomic E-state index is 13.6. The van der Waals surface area contributed by atoms with Gasteiger partial charge in [-0.3, -0.25) is 4.68 Å². The molecule has 2 heterocycles. The van der Waals surface area contributed by atoms with Gasteiger partial charge < -0.3 is 11.5 Å². The van der Waals surface area contributed by atoms with Crippen LogP contribution in [0.15, 0.2) is 47.8 Å². The first-order valence-electron chi connectivity index (χ1n) is 9.20. The number of nitrogen functional groups attached to an aromatic ring is 1. The minimum Gasteiger partial charge on any atom is -0.382 e. The zero-order valence-electron chi connectivity index (χ0n) is 16.4. The highest BCUT2D eigenvalue weighted by Crippen LogP contribution is 2.35. The van der Waals surface area contributed by atoms with Gasteiger partial charge in [0, 0.05) is 35.8 Å². The van der Waals surface area contributed by atoms with Crippen molar-refractivity contribution in [2.45, 2.75) is 17.6 Å². The summed E-state index contributed by atoms with van der Waals surface area (Å²) < 4.78 is 29.0.